The highest BCUT2D eigenvalue weighted by molar-refractivity contribution is 5.72. The van der Waals surface area contributed by atoms with Crippen LogP contribution in [0.2, 0.25) is 0 Å². The van der Waals surface area contributed by atoms with Gasteiger partial charge in [0.05, 0.1) is 25.0 Å². The molecular weight excluding hydrogens is 432 g/mol. The van der Waals surface area contributed by atoms with Crippen LogP contribution in [0.5, 0.6) is 0 Å². The first kappa shape index (κ1) is 29.8. The summed E-state index contributed by atoms with van der Waals surface area (Å²) in [6.45, 7) is 5.73. The fourth-order valence-corrected chi connectivity index (χ4v) is 3.95. The molecule has 0 aromatic rings. The molecule has 2 unspecified atom stereocenters. The molecule has 33 heavy (non-hydrogen) atoms. The van der Waals surface area contributed by atoms with E-state index in [-0.39, 0.29) is 12.8 Å². The van der Waals surface area contributed by atoms with Gasteiger partial charge in [-0.3, -0.25) is 9.59 Å². The number of carbonyl (C=O) groups excluding carboxylic acids is 1. The summed E-state index contributed by atoms with van der Waals surface area (Å²) in [4.78, 5) is 23.8. The highest BCUT2D eigenvalue weighted by atomic mass is 16.7. The predicted octanol–water partition coefficient (Wildman–Crippen LogP) is 2.92. The van der Waals surface area contributed by atoms with Crippen molar-refractivity contribution in [2.45, 2.75) is 141 Å². The van der Waals surface area contributed by atoms with Gasteiger partial charge in [0.1, 0.15) is 24.4 Å². The number of esters is 1. The molecule has 0 bridgehead atoms. The number of hydrogen-bond acceptors (Lipinski definition) is 8. The molecule has 9 nitrogen and oxygen atoms in total. The molecule has 0 aromatic heterocycles. The average molecular weight is 477 g/mol. The quantitative estimate of drug-likeness (QED) is 0.184. The third-order valence-corrected chi connectivity index (χ3v) is 5.99. The summed E-state index contributed by atoms with van der Waals surface area (Å²) in [5, 5.41) is 39.3. The van der Waals surface area contributed by atoms with Crippen LogP contribution in [0.25, 0.3) is 0 Å². The van der Waals surface area contributed by atoms with E-state index in [1.54, 1.807) is 6.92 Å². The van der Waals surface area contributed by atoms with Crippen LogP contribution in [0, 0.1) is 0 Å². The van der Waals surface area contributed by atoms with Crippen LogP contribution in [0.4, 0.5) is 0 Å². The second-order valence-electron chi connectivity index (χ2n) is 9.05. The van der Waals surface area contributed by atoms with Gasteiger partial charge in [-0.05, 0) is 26.2 Å². The summed E-state index contributed by atoms with van der Waals surface area (Å²) < 4.78 is 16.8. The summed E-state index contributed by atoms with van der Waals surface area (Å²) in [7, 11) is 0. The van der Waals surface area contributed by atoms with Gasteiger partial charge in [0.2, 0.25) is 0 Å². The van der Waals surface area contributed by atoms with Gasteiger partial charge in [0.25, 0.3) is 0 Å². The van der Waals surface area contributed by atoms with Crippen molar-refractivity contribution in [1.29, 1.82) is 0 Å². The van der Waals surface area contributed by atoms with E-state index in [1.807, 2.05) is 0 Å². The van der Waals surface area contributed by atoms with Crippen LogP contribution in [0.1, 0.15) is 97.8 Å². The number of carbonyl (C=O) groups is 2. The molecule has 0 spiro atoms. The van der Waals surface area contributed by atoms with Gasteiger partial charge < -0.3 is 34.6 Å². The van der Waals surface area contributed by atoms with Crippen LogP contribution in [-0.2, 0) is 23.8 Å². The number of carboxylic acids is 1. The summed E-state index contributed by atoms with van der Waals surface area (Å²) in [5.41, 5.74) is 0. The van der Waals surface area contributed by atoms with E-state index in [0.29, 0.717) is 12.8 Å². The van der Waals surface area contributed by atoms with E-state index in [9.17, 15) is 30.0 Å². The zero-order valence-electron chi connectivity index (χ0n) is 20.4. The standard InChI is InChI=1S/C24H44O9/c1-4-6-8-9-11-13-17(14-19(25)26)32-20(27)15-18(12-10-7-5-2)33-24-23(30)22(29)21(28)16(3)31-24/h16-18,21-24,28-30H,4-15H2,1-3H3,(H,25,26)/t16-,17?,18?,21-,22+,23+,24-/m0/s1. The minimum absolute atomic E-state index is 0.116. The lowest BCUT2D eigenvalue weighted by Gasteiger charge is -2.40. The molecule has 194 valence electrons. The molecule has 4 N–H and O–H groups in total. The van der Waals surface area contributed by atoms with E-state index in [1.165, 1.54) is 0 Å². The normalized spacial score (nSPS) is 27.2. The summed E-state index contributed by atoms with van der Waals surface area (Å²) >= 11 is 0. The molecule has 1 aliphatic heterocycles. The number of carboxylic acid groups (broad SMARTS) is 1. The van der Waals surface area contributed by atoms with Crippen molar-refractivity contribution in [2.75, 3.05) is 0 Å². The maximum absolute atomic E-state index is 12.6. The first-order valence-electron chi connectivity index (χ1n) is 12.5. The van der Waals surface area contributed by atoms with Crippen molar-refractivity contribution in [2.24, 2.45) is 0 Å². The SMILES string of the molecule is CCCCCCCC(CC(=O)O)OC(=O)CC(CCCCC)O[C@@H]1O[C@@H](C)[C@H](O)[C@@H](O)[C@H]1O. The number of aliphatic hydroxyl groups excluding tert-OH is 3. The van der Waals surface area contributed by atoms with Gasteiger partial charge in [-0.1, -0.05) is 58.8 Å². The largest absolute Gasteiger partial charge is 0.481 e. The van der Waals surface area contributed by atoms with Crippen molar-refractivity contribution < 1.29 is 44.2 Å². The molecule has 1 rings (SSSR count). The van der Waals surface area contributed by atoms with Crippen LogP contribution in [-0.4, -0.2) is 75.3 Å². The number of aliphatic hydroxyl groups is 3. The minimum Gasteiger partial charge on any atom is -0.481 e. The highest BCUT2D eigenvalue weighted by Gasteiger charge is 2.43. The second-order valence-corrected chi connectivity index (χ2v) is 9.05. The van der Waals surface area contributed by atoms with E-state index in [2.05, 4.69) is 13.8 Å². The number of rotatable bonds is 17. The first-order valence-corrected chi connectivity index (χ1v) is 12.5. The average Bonchev–Trinajstić information content (AvgIpc) is 2.75. The van der Waals surface area contributed by atoms with E-state index in [0.717, 1.165) is 51.4 Å². The smallest absolute Gasteiger partial charge is 0.308 e. The maximum Gasteiger partial charge on any atom is 0.308 e. The van der Waals surface area contributed by atoms with E-state index >= 15 is 0 Å². The Kier molecular flexibility index (Phi) is 14.8. The van der Waals surface area contributed by atoms with Crippen molar-refractivity contribution in [3.8, 4) is 0 Å². The first-order chi connectivity index (χ1) is 15.7. The molecule has 0 radical (unpaired) electrons. The number of hydrogen-bond donors (Lipinski definition) is 4. The van der Waals surface area contributed by atoms with Crippen molar-refractivity contribution >= 4 is 11.9 Å². The van der Waals surface area contributed by atoms with Gasteiger partial charge >= 0.3 is 11.9 Å². The van der Waals surface area contributed by atoms with E-state index < -0.39 is 54.9 Å². The molecule has 1 aliphatic rings. The van der Waals surface area contributed by atoms with Gasteiger partial charge in [-0.2, -0.15) is 0 Å². The van der Waals surface area contributed by atoms with Crippen molar-refractivity contribution in [1.82, 2.24) is 0 Å². The van der Waals surface area contributed by atoms with Crippen LogP contribution >= 0.6 is 0 Å². The molecule has 0 aliphatic carbocycles. The molecule has 0 aromatic carbocycles. The Morgan fingerprint density at radius 1 is 0.818 bits per heavy atom. The van der Waals surface area contributed by atoms with Gasteiger partial charge in [-0.25, -0.2) is 0 Å². The van der Waals surface area contributed by atoms with Gasteiger partial charge in [-0.15, -0.1) is 0 Å². The summed E-state index contributed by atoms with van der Waals surface area (Å²) in [6.07, 6.45) is 1.03. The molecule has 7 atom stereocenters. The molecule has 1 fully saturated rings. The zero-order valence-corrected chi connectivity index (χ0v) is 20.4. The third-order valence-electron chi connectivity index (χ3n) is 5.99. The Bertz CT molecular complexity index is 556. The van der Waals surface area contributed by atoms with Crippen LogP contribution in [0.3, 0.4) is 0 Å². The predicted molar refractivity (Wildman–Crippen MR) is 121 cm³/mol. The fourth-order valence-electron chi connectivity index (χ4n) is 3.95. The molecule has 0 amide bonds. The number of unbranched alkanes of at least 4 members (excludes halogenated alkanes) is 6. The third kappa shape index (κ3) is 11.6. The van der Waals surface area contributed by atoms with E-state index in [4.69, 9.17) is 14.2 Å². The zero-order chi connectivity index (χ0) is 24.8. The lowest BCUT2D eigenvalue weighted by Crippen LogP contribution is -2.58. The Morgan fingerprint density at radius 3 is 2.03 bits per heavy atom. The Labute approximate surface area is 197 Å². The van der Waals surface area contributed by atoms with Crippen molar-refractivity contribution in [3.63, 3.8) is 0 Å². The molecule has 9 heteroatoms. The number of aliphatic carboxylic acids is 1. The van der Waals surface area contributed by atoms with Gasteiger partial charge in [0, 0.05) is 0 Å². The Balaban J connectivity index is 2.69. The molecule has 1 saturated heterocycles. The number of ether oxygens (including phenoxy) is 3. The Morgan fingerprint density at radius 2 is 1.39 bits per heavy atom. The van der Waals surface area contributed by atoms with Gasteiger partial charge in [0.15, 0.2) is 6.29 Å². The van der Waals surface area contributed by atoms with Crippen LogP contribution < -0.4 is 0 Å². The summed E-state index contributed by atoms with van der Waals surface area (Å²) in [6, 6.07) is 0. The fraction of sp³-hybridized carbons (Fsp3) is 0.917. The molecule has 0 saturated carbocycles. The molecule has 1 heterocycles. The maximum atomic E-state index is 12.6. The lowest BCUT2D eigenvalue weighted by atomic mass is 9.99. The minimum atomic E-state index is -1.45. The Hall–Kier alpha value is -1.26. The summed E-state index contributed by atoms with van der Waals surface area (Å²) in [5.74, 6) is -1.58. The monoisotopic (exact) mass is 476 g/mol. The lowest BCUT2D eigenvalue weighted by molar-refractivity contribution is -0.304. The van der Waals surface area contributed by atoms with Crippen LogP contribution in [0.15, 0.2) is 0 Å². The molecular formula is C24H44O9. The highest BCUT2D eigenvalue weighted by Crippen LogP contribution is 2.25. The second kappa shape index (κ2) is 16.4. The van der Waals surface area contributed by atoms with Crippen molar-refractivity contribution in [3.05, 3.63) is 0 Å². The topological polar surface area (TPSA) is 143 Å².